The molecule has 128 valence electrons. The number of aliphatic imine (C=N–C) groups is 1. The van der Waals surface area contributed by atoms with Gasteiger partial charge in [-0.05, 0) is 66.5 Å². The van der Waals surface area contributed by atoms with Gasteiger partial charge in [0.1, 0.15) is 17.5 Å². The Kier molecular flexibility index (Phi) is 6.89. The van der Waals surface area contributed by atoms with Gasteiger partial charge in [-0.25, -0.2) is 9.38 Å². The van der Waals surface area contributed by atoms with E-state index in [0.29, 0.717) is 16.0 Å². The van der Waals surface area contributed by atoms with Crippen molar-refractivity contribution >= 4 is 40.5 Å². The first-order valence-corrected chi connectivity index (χ1v) is 8.83. The van der Waals surface area contributed by atoms with Crippen molar-refractivity contribution in [2.75, 3.05) is 13.1 Å². The van der Waals surface area contributed by atoms with Gasteiger partial charge >= 0.3 is 0 Å². The number of nitrogens with one attached hydrogen (secondary N) is 4. The zero-order chi connectivity index (χ0) is 17.5. The van der Waals surface area contributed by atoms with Crippen molar-refractivity contribution in [2.24, 2.45) is 10.9 Å². The first-order chi connectivity index (χ1) is 11.5. The molecule has 0 bridgehead atoms. The van der Waals surface area contributed by atoms with Gasteiger partial charge in [-0.3, -0.25) is 5.41 Å². The van der Waals surface area contributed by atoms with Crippen LogP contribution in [0.3, 0.4) is 0 Å². The zero-order valence-electron chi connectivity index (χ0n) is 13.5. The SMILES string of the molecule is CC(=N)/N=C(\NC/C(C=N)=C/NCC1CC1)c1ccc(F)cc1I. The Morgan fingerprint density at radius 2 is 2.21 bits per heavy atom. The molecule has 0 amide bonds. The Morgan fingerprint density at radius 1 is 1.46 bits per heavy atom. The minimum atomic E-state index is -0.307. The van der Waals surface area contributed by atoms with E-state index < -0.39 is 0 Å². The molecule has 2 rings (SSSR count). The monoisotopic (exact) mass is 441 g/mol. The number of hydrogen-bond acceptors (Lipinski definition) is 3. The average Bonchev–Trinajstić information content (AvgIpc) is 3.33. The molecule has 0 saturated heterocycles. The van der Waals surface area contributed by atoms with E-state index in [9.17, 15) is 4.39 Å². The second kappa shape index (κ2) is 8.91. The third-order valence-corrected chi connectivity index (χ3v) is 4.39. The van der Waals surface area contributed by atoms with Crippen LogP contribution in [-0.2, 0) is 0 Å². The summed E-state index contributed by atoms with van der Waals surface area (Å²) in [5, 5.41) is 21.5. The van der Waals surface area contributed by atoms with Gasteiger partial charge in [0.15, 0.2) is 0 Å². The second-order valence-corrected chi connectivity index (χ2v) is 6.90. The van der Waals surface area contributed by atoms with E-state index in [2.05, 4.69) is 15.6 Å². The van der Waals surface area contributed by atoms with E-state index in [0.717, 1.165) is 23.6 Å². The summed E-state index contributed by atoms with van der Waals surface area (Å²) in [6, 6.07) is 4.44. The molecule has 4 N–H and O–H groups in total. The van der Waals surface area contributed by atoms with Gasteiger partial charge in [0.25, 0.3) is 0 Å². The third kappa shape index (κ3) is 6.03. The van der Waals surface area contributed by atoms with Gasteiger partial charge < -0.3 is 16.0 Å². The highest BCUT2D eigenvalue weighted by molar-refractivity contribution is 14.1. The fraction of sp³-hybridized carbons (Fsp3) is 0.353. The fourth-order valence-corrected chi connectivity index (χ4v) is 2.79. The Bertz CT molecular complexity index is 680. The van der Waals surface area contributed by atoms with E-state index in [-0.39, 0.29) is 11.7 Å². The fourth-order valence-electron chi connectivity index (χ4n) is 2.05. The minimum absolute atomic E-state index is 0.157. The molecule has 0 radical (unpaired) electrons. The summed E-state index contributed by atoms with van der Waals surface area (Å²) in [5.74, 6) is 1.12. The Labute approximate surface area is 155 Å². The van der Waals surface area contributed by atoms with Crippen LogP contribution in [0.5, 0.6) is 0 Å². The topological polar surface area (TPSA) is 84.1 Å². The normalized spacial score (nSPS) is 15.1. The van der Waals surface area contributed by atoms with Crippen molar-refractivity contribution in [3.63, 3.8) is 0 Å². The lowest BCUT2D eigenvalue weighted by molar-refractivity contribution is 0.626. The molecule has 1 aliphatic rings. The first-order valence-electron chi connectivity index (χ1n) is 7.75. The molecule has 1 aromatic carbocycles. The highest BCUT2D eigenvalue weighted by Gasteiger charge is 2.19. The Balaban J connectivity index is 2.07. The molecule has 7 heteroatoms. The maximum atomic E-state index is 13.3. The van der Waals surface area contributed by atoms with E-state index >= 15 is 0 Å². The van der Waals surface area contributed by atoms with Crippen LogP contribution < -0.4 is 10.6 Å². The smallest absolute Gasteiger partial charge is 0.136 e. The second-order valence-electron chi connectivity index (χ2n) is 5.74. The number of benzene rings is 1. The highest BCUT2D eigenvalue weighted by atomic mass is 127. The molecule has 1 saturated carbocycles. The van der Waals surface area contributed by atoms with Gasteiger partial charge in [-0.15, -0.1) is 0 Å². The zero-order valence-corrected chi connectivity index (χ0v) is 15.7. The molecular formula is C17H21FIN5. The predicted octanol–water partition coefficient (Wildman–Crippen LogP) is 3.30. The maximum absolute atomic E-state index is 13.3. The van der Waals surface area contributed by atoms with Gasteiger partial charge in [0.05, 0.1) is 0 Å². The maximum Gasteiger partial charge on any atom is 0.136 e. The van der Waals surface area contributed by atoms with Crippen LogP contribution in [0.25, 0.3) is 0 Å². The summed E-state index contributed by atoms with van der Waals surface area (Å²) in [6.07, 6.45) is 5.68. The standard InChI is InChI=1S/C17H21FIN5/c1-11(21)24-17(15-5-4-14(18)6-16(15)19)23-10-13(7-20)9-22-8-12-2-3-12/h4-7,9,12,20,22H,2-3,8,10H2,1H3,(H2,21,23,24)/b13-9+,20-7?. The van der Waals surface area contributed by atoms with Crippen LogP contribution >= 0.6 is 22.6 Å². The molecule has 0 atom stereocenters. The van der Waals surface area contributed by atoms with Gasteiger partial charge in [0, 0.05) is 40.2 Å². The van der Waals surface area contributed by atoms with Crippen molar-refractivity contribution in [3.05, 3.63) is 44.9 Å². The molecule has 24 heavy (non-hydrogen) atoms. The van der Waals surface area contributed by atoms with Crippen molar-refractivity contribution in [3.8, 4) is 0 Å². The van der Waals surface area contributed by atoms with Crippen LogP contribution in [-0.4, -0.2) is 31.0 Å². The van der Waals surface area contributed by atoms with Crippen molar-refractivity contribution in [1.82, 2.24) is 10.6 Å². The Hall–Kier alpha value is -1.77. The summed E-state index contributed by atoms with van der Waals surface area (Å²) in [4.78, 5) is 4.20. The summed E-state index contributed by atoms with van der Waals surface area (Å²) in [5.41, 5.74) is 1.52. The highest BCUT2D eigenvalue weighted by Crippen LogP contribution is 2.27. The largest absolute Gasteiger partial charge is 0.390 e. The quantitative estimate of drug-likeness (QED) is 0.298. The molecule has 0 heterocycles. The lowest BCUT2D eigenvalue weighted by atomic mass is 10.2. The first kappa shape index (κ1) is 18.6. The molecule has 1 aliphatic carbocycles. The number of amidine groups is 2. The lowest BCUT2D eigenvalue weighted by Crippen LogP contribution is -2.29. The third-order valence-electron chi connectivity index (χ3n) is 3.50. The lowest BCUT2D eigenvalue weighted by Gasteiger charge is -2.12. The molecule has 1 fully saturated rings. The van der Waals surface area contributed by atoms with Crippen molar-refractivity contribution in [1.29, 1.82) is 10.8 Å². The summed E-state index contributed by atoms with van der Waals surface area (Å²) >= 11 is 2.05. The Morgan fingerprint density at radius 3 is 2.79 bits per heavy atom. The van der Waals surface area contributed by atoms with E-state index in [4.69, 9.17) is 10.8 Å². The summed E-state index contributed by atoms with van der Waals surface area (Å²) in [7, 11) is 0. The van der Waals surface area contributed by atoms with Crippen LogP contribution in [0.4, 0.5) is 4.39 Å². The van der Waals surface area contributed by atoms with Crippen LogP contribution in [0.2, 0.25) is 0 Å². The number of nitrogens with zero attached hydrogens (tertiary/aromatic N) is 1. The van der Waals surface area contributed by atoms with Crippen molar-refractivity contribution in [2.45, 2.75) is 19.8 Å². The van der Waals surface area contributed by atoms with Crippen LogP contribution in [0.15, 0.2) is 35.0 Å². The molecular weight excluding hydrogens is 420 g/mol. The molecule has 0 aliphatic heterocycles. The van der Waals surface area contributed by atoms with Gasteiger partial charge in [-0.1, -0.05) is 0 Å². The predicted molar refractivity (Wildman–Crippen MR) is 105 cm³/mol. The van der Waals surface area contributed by atoms with Gasteiger partial charge in [0.2, 0.25) is 0 Å². The number of rotatable bonds is 7. The van der Waals surface area contributed by atoms with Crippen LogP contribution in [0, 0.1) is 26.1 Å². The van der Waals surface area contributed by atoms with E-state index in [1.807, 2.05) is 28.8 Å². The van der Waals surface area contributed by atoms with Crippen molar-refractivity contribution < 1.29 is 4.39 Å². The average molecular weight is 441 g/mol. The molecule has 1 aromatic rings. The molecule has 0 unspecified atom stereocenters. The molecule has 0 spiro atoms. The number of hydrogen-bond donors (Lipinski definition) is 4. The summed E-state index contributed by atoms with van der Waals surface area (Å²) in [6.45, 7) is 2.93. The molecule has 0 aromatic heterocycles. The number of halogens is 2. The van der Waals surface area contributed by atoms with E-state index in [1.54, 1.807) is 13.0 Å². The van der Waals surface area contributed by atoms with Crippen LogP contribution in [0.1, 0.15) is 25.3 Å². The molecule has 5 nitrogen and oxygen atoms in total. The minimum Gasteiger partial charge on any atom is -0.390 e. The van der Waals surface area contributed by atoms with E-state index in [1.165, 1.54) is 31.2 Å². The van der Waals surface area contributed by atoms with Gasteiger partial charge in [-0.2, -0.15) is 0 Å². The summed E-state index contributed by atoms with van der Waals surface area (Å²) < 4.78 is 14.0.